The first-order valence-corrected chi connectivity index (χ1v) is 3.53. The van der Waals surface area contributed by atoms with E-state index >= 15 is 0 Å². The van der Waals surface area contributed by atoms with E-state index in [0.717, 1.165) is 18.8 Å². The van der Waals surface area contributed by atoms with Crippen molar-refractivity contribution in [1.82, 2.24) is 0 Å². The van der Waals surface area contributed by atoms with Crippen LogP contribution in [-0.4, -0.2) is 10.7 Å². The molecule has 1 nitrogen and oxygen atoms in total. The Hall–Kier alpha value is -0.0400. The summed E-state index contributed by atoms with van der Waals surface area (Å²) < 4.78 is 0. The van der Waals surface area contributed by atoms with Crippen molar-refractivity contribution in [2.75, 3.05) is 0 Å². The lowest BCUT2D eigenvalue weighted by molar-refractivity contribution is 0.0660. The van der Waals surface area contributed by atoms with Gasteiger partial charge in [-0.3, -0.25) is 0 Å². The molecule has 1 atom stereocenters. The fourth-order valence-electron chi connectivity index (χ4n) is 0.737. The Bertz CT molecular complexity index is 74.6. The molecule has 0 aliphatic carbocycles. The fourth-order valence-corrected chi connectivity index (χ4v) is 0.737. The summed E-state index contributed by atoms with van der Waals surface area (Å²) in [4.78, 5) is 0. The molecule has 0 bridgehead atoms. The average molecular weight is 129 g/mol. The van der Waals surface area contributed by atoms with Crippen molar-refractivity contribution in [2.24, 2.45) is 0 Å². The number of hydrogen-bond acceptors (Lipinski definition) is 1. The summed E-state index contributed by atoms with van der Waals surface area (Å²) in [5.41, 5.74) is -0.533. The Kier molecular flexibility index (Phi) is 3.20. The van der Waals surface area contributed by atoms with E-state index in [2.05, 4.69) is 6.92 Å². The summed E-state index contributed by atoms with van der Waals surface area (Å²) in [6.45, 7) is 7.88. The third kappa shape index (κ3) is 2.85. The first kappa shape index (κ1) is 8.96. The van der Waals surface area contributed by atoms with Gasteiger partial charge in [-0.2, -0.15) is 0 Å². The van der Waals surface area contributed by atoms with Crippen LogP contribution in [0.15, 0.2) is 0 Å². The quantitative estimate of drug-likeness (QED) is 0.619. The van der Waals surface area contributed by atoms with Crippen molar-refractivity contribution in [1.29, 1.82) is 0 Å². The predicted molar refractivity (Wildman–Crippen MR) is 40.1 cm³/mol. The van der Waals surface area contributed by atoms with E-state index in [0.29, 0.717) is 0 Å². The monoisotopic (exact) mass is 129 g/mol. The van der Waals surface area contributed by atoms with Gasteiger partial charge in [0.05, 0.1) is 5.60 Å². The van der Waals surface area contributed by atoms with E-state index in [1.54, 1.807) is 0 Å². The maximum atomic E-state index is 9.55. The van der Waals surface area contributed by atoms with Crippen LogP contribution in [0.5, 0.6) is 0 Å². The van der Waals surface area contributed by atoms with Crippen molar-refractivity contribution in [3.8, 4) is 0 Å². The van der Waals surface area contributed by atoms with Crippen LogP contribution < -0.4 is 0 Å². The van der Waals surface area contributed by atoms with Crippen LogP contribution in [-0.2, 0) is 0 Å². The van der Waals surface area contributed by atoms with Crippen molar-refractivity contribution < 1.29 is 5.11 Å². The third-order valence-corrected chi connectivity index (χ3v) is 1.81. The molecule has 0 aliphatic heterocycles. The van der Waals surface area contributed by atoms with Gasteiger partial charge in [0.1, 0.15) is 0 Å². The van der Waals surface area contributed by atoms with Crippen LogP contribution in [0.2, 0.25) is 0 Å². The van der Waals surface area contributed by atoms with Crippen LogP contribution >= 0.6 is 0 Å². The molecule has 0 aliphatic rings. The van der Waals surface area contributed by atoms with E-state index in [-0.39, 0.29) is 0 Å². The molecule has 0 spiro atoms. The van der Waals surface area contributed by atoms with E-state index in [4.69, 9.17) is 0 Å². The van der Waals surface area contributed by atoms with E-state index in [1.807, 2.05) is 20.8 Å². The van der Waals surface area contributed by atoms with Gasteiger partial charge < -0.3 is 5.11 Å². The van der Waals surface area contributed by atoms with Gasteiger partial charge in [-0.05, 0) is 13.3 Å². The molecule has 0 aromatic heterocycles. The Labute approximate surface area is 58.1 Å². The highest BCUT2D eigenvalue weighted by Crippen LogP contribution is 2.22. The van der Waals surface area contributed by atoms with Crippen molar-refractivity contribution in [3.63, 3.8) is 0 Å². The molecule has 0 aromatic carbocycles. The number of hydrogen-bond donors (Lipinski definition) is 1. The Morgan fingerprint density at radius 3 is 2.00 bits per heavy atom. The molecule has 0 saturated carbocycles. The first-order valence-electron chi connectivity index (χ1n) is 3.53. The minimum atomic E-state index is -0.533. The van der Waals surface area contributed by atoms with Gasteiger partial charge in [-0.1, -0.05) is 27.2 Å². The lowest BCUT2D eigenvalue weighted by atomic mass is 9.88. The minimum Gasteiger partial charge on any atom is -0.390 e. The highest BCUT2D eigenvalue weighted by atomic mass is 16.3. The molecule has 0 heterocycles. The summed E-state index contributed by atoms with van der Waals surface area (Å²) in [7, 11) is 0. The van der Waals surface area contributed by atoms with Crippen molar-refractivity contribution in [3.05, 3.63) is 5.92 Å². The summed E-state index contributed by atoms with van der Waals surface area (Å²) >= 11 is 0. The molecule has 55 valence electrons. The lowest BCUT2D eigenvalue weighted by Crippen LogP contribution is -2.28. The van der Waals surface area contributed by atoms with Gasteiger partial charge in [0, 0.05) is 5.92 Å². The van der Waals surface area contributed by atoms with Gasteiger partial charge in [0.25, 0.3) is 0 Å². The van der Waals surface area contributed by atoms with Gasteiger partial charge in [0.15, 0.2) is 0 Å². The zero-order valence-electron chi connectivity index (χ0n) is 6.86. The summed E-state index contributed by atoms with van der Waals surface area (Å²) in [6.07, 6.45) is 1.91. The number of aliphatic hydroxyl groups is 1. The molecule has 0 rings (SSSR count). The molecular weight excluding hydrogens is 112 g/mol. The maximum Gasteiger partial charge on any atom is 0.0676 e. The van der Waals surface area contributed by atoms with Crippen LogP contribution in [0.3, 0.4) is 0 Å². The smallest absolute Gasteiger partial charge is 0.0676 e. The fraction of sp³-hybridized carbons (Fsp3) is 0.875. The van der Waals surface area contributed by atoms with Gasteiger partial charge in [-0.15, -0.1) is 0 Å². The Balaban J connectivity index is 3.70. The number of rotatable bonds is 3. The molecular formula is C8H17O. The van der Waals surface area contributed by atoms with E-state index in [1.165, 1.54) is 0 Å². The molecule has 0 amide bonds. The van der Waals surface area contributed by atoms with Gasteiger partial charge in [-0.25, -0.2) is 0 Å². The second-order valence-electron chi connectivity index (χ2n) is 3.02. The van der Waals surface area contributed by atoms with E-state index < -0.39 is 5.60 Å². The summed E-state index contributed by atoms with van der Waals surface area (Å²) in [6, 6.07) is 0. The van der Waals surface area contributed by atoms with E-state index in [9.17, 15) is 5.11 Å². The van der Waals surface area contributed by atoms with Crippen LogP contribution in [0.25, 0.3) is 0 Å². The molecule has 1 heteroatoms. The maximum absolute atomic E-state index is 9.55. The first-order chi connectivity index (χ1) is 4.00. The van der Waals surface area contributed by atoms with Crippen LogP contribution in [0.4, 0.5) is 0 Å². The second kappa shape index (κ2) is 3.21. The topological polar surface area (TPSA) is 20.2 Å². The van der Waals surface area contributed by atoms with Crippen molar-refractivity contribution in [2.45, 2.75) is 46.1 Å². The SMILES string of the molecule is CCCC(C)(O)[C](C)C. The third-order valence-electron chi connectivity index (χ3n) is 1.81. The molecule has 0 saturated heterocycles. The largest absolute Gasteiger partial charge is 0.390 e. The highest BCUT2D eigenvalue weighted by Gasteiger charge is 2.23. The average Bonchev–Trinajstić information content (AvgIpc) is 1.65. The lowest BCUT2D eigenvalue weighted by Gasteiger charge is -2.26. The molecule has 1 N–H and O–H groups in total. The molecule has 9 heavy (non-hydrogen) atoms. The van der Waals surface area contributed by atoms with Crippen molar-refractivity contribution >= 4 is 0 Å². The Morgan fingerprint density at radius 2 is 1.89 bits per heavy atom. The summed E-state index contributed by atoms with van der Waals surface area (Å²) in [5, 5.41) is 9.55. The Morgan fingerprint density at radius 1 is 1.44 bits per heavy atom. The minimum absolute atomic E-state index is 0.533. The van der Waals surface area contributed by atoms with Gasteiger partial charge in [0.2, 0.25) is 0 Å². The highest BCUT2D eigenvalue weighted by molar-refractivity contribution is 4.97. The normalized spacial score (nSPS) is 18.0. The zero-order chi connectivity index (χ0) is 7.49. The molecule has 1 radical (unpaired) electrons. The molecule has 0 fully saturated rings. The van der Waals surface area contributed by atoms with Crippen LogP contribution in [0.1, 0.15) is 40.5 Å². The zero-order valence-corrected chi connectivity index (χ0v) is 6.86. The standard InChI is InChI=1S/C8H17O/c1-5-6-8(4,9)7(2)3/h9H,5-6H2,1-4H3. The predicted octanol–water partition coefficient (Wildman–Crippen LogP) is 2.15. The molecule has 0 aromatic rings. The summed E-state index contributed by atoms with van der Waals surface area (Å²) in [5.74, 6) is 1.10. The second-order valence-corrected chi connectivity index (χ2v) is 3.02. The van der Waals surface area contributed by atoms with Crippen LogP contribution in [0, 0.1) is 5.92 Å². The molecule has 1 unspecified atom stereocenters. The van der Waals surface area contributed by atoms with Gasteiger partial charge >= 0.3 is 0 Å².